The van der Waals surface area contributed by atoms with Gasteiger partial charge in [-0.2, -0.15) is 4.98 Å². The highest BCUT2D eigenvalue weighted by Gasteiger charge is 2.11. The molecule has 15 heavy (non-hydrogen) atoms. The molecule has 1 aromatic carbocycles. The summed E-state index contributed by atoms with van der Waals surface area (Å²) in [6.07, 6.45) is 0. The summed E-state index contributed by atoms with van der Waals surface area (Å²) in [6.45, 7) is 0.191. The van der Waals surface area contributed by atoms with Crippen molar-refractivity contribution in [2.24, 2.45) is 5.73 Å². The molecule has 2 rings (SSSR count). The van der Waals surface area contributed by atoms with Gasteiger partial charge >= 0.3 is 0 Å². The molecule has 2 N–H and O–H groups in total. The molecule has 4 nitrogen and oxygen atoms in total. The summed E-state index contributed by atoms with van der Waals surface area (Å²) < 4.78 is 18.6. The largest absolute Gasteiger partial charge is 0.334 e. The third kappa shape index (κ3) is 2.05. The number of halogens is 2. The van der Waals surface area contributed by atoms with Crippen LogP contribution in [0.25, 0.3) is 11.5 Å². The molecule has 0 radical (unpaired) electrons. The number of hydrogen-bond acceptors (Lipinski definition) is 4. The van der Waals surface area contributed by atoms with E-state index in [4.69, 9.17) is 10.3 Å². The van der Waals surface area contributed by atoms with Crippen molar-refractivity contribution in [2.75, 3.05) is 0 Å². The fraction of sp³-hybridized carbons (Fsp3) is 0.111. The van der Waals surface area contributed by atoms with Crippen LogP contribution in [0.5, 0.6) is 0 Å². The zero-order valence-corrected chi connectivity index (χ0v) is 9.16. The molecule has 1 aromatic heterocycles. The average Bonchev–Trinajstić information content (AvgIpc) is 2.70. The van der Waals surface area contributed by atoms with Crippen LogP contribution in [-0.2, 0) is 6.54 Å². The van der Waals surface area contributed by atoms with Crippen molar-refractivity contribution >= 4 is 15.9 Å². The van der Waals surface area contributed by atoms with Crippen LogP contribution in [0.1, 0.15) is 5.82 Å². The Hall–Kier alpha value is -1.27. The predicted octanol–water partition coefficient (Wildman–Crippen LogP) is 2.10. The van der Waals surface area contributed by atoms with Gasteiger partial charge in [-0.25, -0.2) is 4.39 Å². The molecule has 1 heterocycles. The second-order valence-electron chi connectivity index (χ2n) is 2.84. The predicted molar refractivity (Wildman–Crippen MR) is 55.3 cm³/mol. The Morgan fingerprint density at radius 1 is 1.47 bits per heavy atom. The number of rotatable bonds is 2. The third-order valence-corrected chi connectivity index (χ3v) is 2.50. The summed E-state index contributed by atoms with van der Waals surface area (Å²) >= 11 is 3.27. The number of nitrogens with two attached hydrogens (primary N) is 1. The molecule has 0 bridgehead atoms. The lowest BCUT2D eigenvalue weighted by molar-refractivity contribution is 0.422. The highest BCUT2D eigenvalue weighted by Crippen LogP contribution is 2.27. The molecular formula is C9H7BrFN3O. The Labute approximate surface area is 93.4 Å². The van der Waals surface area contributed by atoms with E-state index in [1.807, 2.05) is 0 Å². The maximum absolute atomic E-state index is 13.0. The zero-order valence-electron chi connectivity index (χ0n) is 7.58. The van der Waals surface area contributed by atoms with E-state index in [0.29, 0.717) is 15.9 Å². The van der Waals surface area contributed by atoms with Crippen LogP contribution in [0, 0.1) is 5.82 Å². The van der Waals surface area contributed by atoms with Crippen molar-refractivity contribution in [3.8, 4) is 11.5 Å². The summed E-state index contributed by atoms with van der Waals surface area (Å²) in [5.74, 6) is 0.281. The average molecular weight is 272 g/mol. The number of aromatic nitrogens is 2. The molecule has 0 aliphatic rings. The van der Waals surface area contributed by atoms with Crippen molar-refractivity contribution in [1.29, 1.82) is 0 Å². The van der Waals surface area contributed by atoms with Crippen LogP contribution >= 0.6 is 15.9 Å². The number of benzene rings is 1. The normalized spacial score (nSPS) is 10.6. The minimum atomic E-state index is -0.360. The Morgan fingerprint density at radius 2 is 2.27 bits per heavy atom. The van der Waals surface area contributed by atoms with Gasteiger partial charge in [0.05, 0.1) is 12.1 Å². The van der Waals surface area contributed by atoms with Gasteiger partial charge in [0.2, 0.25) is 0 Å². The number of hydrogen-bond donors (Lipinski definition) is 1. The van der Waals surface area contributed by atoms with Gasteiger partial charge in [-0.15, -0.1) is 0 Å². The summed E-state index contributed by atoms with van der Waals surface area (Å²) in [5.41, 5.74) is 5.85. The second kappa shape index (κ2) is 4.08. The lowest BCUT2D eigenvalue weighted by Crippen LogP contribution is -1.97. The Kier molecular flexibility index (Phi) is 2.79. The quantitative estimate of drug-likeness (QED) is 0.909. The van der Waals surface area contributed by atoms with Gasteiger partial charge in [0, 0.05) is 4.47 Å². The number of nitrogens with zero attached hydrogens (tertiary/aromatic N) is 2. The van der Waals surface area contributed by atoms with E-state index in [1.165, 1.54) is 12.1 Å². The maximum Gasteiger partial charge on any atom is 0.259 e. The Balaban J connectivity index is 2.48. The first-order chi connectivity index (χ1) is 7.20. The van der Waals surface area contributed by atoms with Gasteiger partial charge < -0.3 is 10.3 Å². The van der Waals surface area contributed by atoms with Crippen molar-refractivity contribution in [3.05, 3.63) is 34.3 Å². The molecule has 2 aromatic rings. The first-order valence-corrected chi connectivity index (χ1v) is 4.98. The van der Waals surface area contributed by atoms with E-state index < -0.39 is 0 Å². The maximum atomic E-state index is 13.0. The molecule has 0 fully saturated rings. The molecule has 0 saturated carbocycles. The molecule has 0 atom stereocenters. The molecular weight excluding hydrogens is 265 g/mol. The van der Waals surface area contributed by atoms with E-state index in [0.717, 1.165) is 0 Å². The van der Waals surface area contributed by atoms with Crippen LogP contribution in [0.4, 0.5) is 4.39 Å². The minimum absolute atomic E-state index is 0.191. The standard InChI is InChI=1S/C9H7BrFN3O/c10-7-2-1-5(11)3-6(7)9-13-8(4-12)14-15-9/h1-3H,4,12H2. The molecule has 78 valence electrons. The van der Waals surface area contributed by atoms with Gasteiger partial charge in [0.1, 0.15) is 5.82 Å². The first-order valence-electron chi connectivity index (χ1n) is 4.19. The summed E-state index contributed by atoms with van der Waals surface area (Å²) in [6, 6.07) is 4.24. The summed E-state index contributed by atoms with van der Waals surface area (Å²) in [4.78, 5) is 4.00. The van der Waals surface area contributed by atoms with Crippen molar-refractivity contribution < 1.29 is 8.91 Å². The van der Waals surface area contributed by atoms with Gasteiger partial charge in [-0.05, 0) is 34.1 Å². The van der Waals surface area contributed by atoms with E-state index in [2.05, 4.69) is 26.1 Å². The van der Waals surface area contributed by atoms with Crippen molar-refractivity contribution in [3.63, 3.8) is 0 Å². The summed E-state index contributed by atoms with van der Waals surface area (Å²) in [5, 5.41) is 3.63. The van der Waals surface area contributed by atoms with E-state index in [1.54, 1.807) is 6.07 Å². The monoisotopic (exact) mass is 271 g/mol. The van der Waals surface area contributed by atoms with E-state index in [9.17, 15) is 4.39 Å². The van der Waals surface area contributed by atoms with Crippen LogP contribution < -0.4 is 5.73 Å². The lowest BCUT2D eigenvalue weighted by atomic mass is 10.2. The molecule has 0 aliphatic heterocycles. The molecule has 0 unspecified atom stereocenters. The molecule has 0 aliphatic carbocycles. The fourth-order valence-electron chi connectivity index (χ4n) is 1.11. The highest BCUT2D eigenvalue weighted by atomic mass is 79.9. The van der Waals surface area contributed by atoms with Crippen LogP contribution in [0.3, 0.4) is 0 Å². The van der Waals surface area contributed by atoms with Gasteiger partial charge in [-0.3, -0.25) is 0 Å². The van der Waals surface area contributed by atoms with E-state index in [-0.39, 0.29) is 18.3 Å². The van der Waals surface area contributed by atoms with Gasteiger partial charge in [-0.1, -0.05) is 5.16 Å². The minimum Gasteiger partial charge on any atom is -0.334 e. The smallest absolute Gasteiger partial charge is 0.259 e. The van der Waals surface area contributed by atoms with Crippen molar-refractivity contribution in [2.45, 2.75) is 6.54 Å². The van der Waals surface area contributed by atoms with E-state index >= 15 is 0 Å². The van der Waals surface area contributed by atoms with Crippen LogP contribution in [0.15, 0.2) is 27.2 Å². The molecule has 6 heteroatoms. The highest BCUT2D eigenvalue weighted by molar-refractivity contribution is 9.10. The third-order valence-electron chi connectivity index (χ3n) is 1.81. The zero-order chi connectivity index (χ0) is 10.8. The molecule has 0 spiro atoms. The van der Waals surface area contributed by atoms with Crippen LogP contribution in [0.2, 0.25) is 0 Å². The first kappa shape index (κ1) is 10.3. The summed E-state index contributed by atoms with van der Waals surface area (Å²) in [7, 11) is 0. The van der Waals surface area contributed by atoms with Crippen LogP contribution in [-0.4, -0.2) is 10.1 Å². The van der Waals surface area contributed by atoms with Crippen molar-refractivity contribution in [1.82, 2.24) is 10.1 Å². The van der Waals surface area contributed by atoms with Gasteiger partial charge in [0.25, 0.3) is 5.89 Å². The molecule has 0 saturated heterocycles. The Morgan fingerprint density at radius 3 is 2.93 bits per heavy atom. The topological polar surface area (TPSA) is 64.9 Å². The second-order valence-corrected chi connectivity index (χ2v) is 3.70. The SMILES string of the molecule is NCc1noc(-c2cc(F)ccc2Br)n1. The molecule has 0 amide bonds. The van der Waals surface area contributed by atoms with Gasteiger partial charge in [0.15, 0.2) is 5.82 Å². The fourth-order valence-corrected chi connectivity index (χ4v) is 1.52. The lowest BCUT2D eigenvalue weighted by Gasteiger charge is -1.97. The Bertz CT molecular complexity index is 486.